The van der Waals surface area contributed by atoms with Crippen molar-refractivity contribution < 1.29 is 9.84 Å². The smallest absolute Gasteiger partial charge is 0.137 e. The van der Waals surface area contributed by atoms with Crippen LogP contribution >= 0.6 is 0 Å². The van der Waals surface area contributed by atoms with Gasteiger partial charge in [-0.2, -0.15) is 10.5 Å². The Hall–Kier alpha value is -3.90. The molecular formula is C28H25N3O2. The molecule has 0 bridgehead atoms. The van der Waals surface area contributed by atoms with Gasteiger partial charge in [-0.1, -0.05) is 54.6 Å². The van der Waals surface area contributed by atoms with E-state index in [0.717, 1.165) is 44.8 Å². The summed E-state index contributed by atoms with van der Waals surface area (Å²) in [5.74, 6) is 0. The van der Waals surface area contributed by atoms with E-state index in [1.54, 1.807) is 0 Å². The zero-order valence-electron chi connectivity index (χ0n) is 18.6. The summed E-state index contributed by atoms with van der Waals surface area (Å²) in [5.41, 5.74) is 8.13. The molecule has 1 heterocycles. The van der Waals surface area contributed by atoms with Crippen molar-refractivity contribution in [3.63, 3.8) is 0 Å². The van der Waals surface area contributed by atoms with Gasteiger partial charge in [0.2, 0.25) is 0 Å². The van der Waals surface area contributed by atoms with Crippen molar-refractivity contribution in [1.29, 1.82) is 10.5 Å². The van der Waals surface area contributed by atoms with Crippen LogP contribution < -0.4 is 0 Å². The fourth-order valence-corrected chi connectivity index (χ4v) is 4.43. The van der Waals surface area contributed by atoms with Crippen molar-refractivity contribution >= 4 is 11.3 Å². The third kappa shape index (κ3) is 4.52. The summed E-state index contributed by atoms with van der Waals surface area (Å²) in [7, 11) is 0. The topological polar surface area (TPSA) is 80.3 Å². The summed E-state index contributed by atoms with van der Waals surface area (Å²) >= 11 is 0. The second kappa shape index (κ2) is 10.1. The zero-order valence-corrected chi connectivity index (χ0v) is 18.6. The summed E-state index contributed by atoms with van der Waals surface area (Å²) in [4.78, 5) is 2.21. The molecule has 0 fully saturated rings. The number of ether oxygens (including phenoxy) is 1. The molecule has 33 heavy (non-hydrogen) atoms. The monoisotopic (exact) mass is 435 g/mol. The number of aliphatic hydroxyl groups is 1. The van der Waals surface area contributed by atoms with Gasteiger partial charge in [-0.3, -0.25) is 0 Å². The Balaban J connectivity index is 1.85. The molecule has 0 aromatic heterocycles. The molecule has 5 nitrogen and oxygen atoms in total. The Morgan fingerprint density at radius 3 is 2.45 bits per heavy atom. The van der Waals surface area contributed by atoms with Gasteiger partial charge >= 0.3 is 0 Å². The van der Waals surface area contributed by atoms with Crippen molar-refractivity contribution in [1.82, 2.24) is 4.90 Å². The average molecular weight is 436 g/mol. The van der Waals surface area contributed by atoms with Crippen molar-refractivity contribution in [2.24, 2.45) is 0 Å². The average Bonchev–Trinajstić information content (AvgIpc) is 3.23. The van der Waals surface area contributed by atoms with E-state index in [9.17, 15) is 10.5 Å². The number of rotatable bonds is 6. The fraction of sp³-hybridized carbons (Fsp3) is 0.214. The first-order valence-corrected chi connectivity index (χ1v) is 11.0. The first kappa shape index (κ1) is 22.3. The minimum absolute atomic E-state index is 0.00222. The Bertz CT molecular complexity index is 1240. The van der Waals surface area contributed by atoms with Crippen LogP contribution in [0.15, 0.2) is 89.2 Å². The van der Waals surface area contributed by atoms with E-state index >= 15 is 0 Å². The largest absolute Gasteiger partial charge is 0.394 e. The molecule has 2 aliphatic rings. The van der Waals surface area contributed by atoms with Crippen LogP contribution in [-0.4, -0.2) is 36.4 Å². The lowest BCUT2D eigenvalue weighted by molar-refractivity contribution is 0.0862. The van der Waals surface area contributed by atoms with Crippen molar-refractivity contribution in [2.45, 2.75) is 13.3 Å². The molecule has 0 spiro atoms. The number of nitrogens with zero attached hydrogens (tertiary/aromatic N) is 3. The third-order valence-corrected chi connectivity index (χ3v) is 5.92. The number of allylic oxidation sites excluding steroid dienone is 7. The van der Waals surface area contributed by atoms with Gasteiger partial charge in [0.05, 0.1) is 19.8 Å². The first-order chi connectivity index (χ1) is 16.2. The van der Waals surface area contributed by atoms with Crippen LogP contribution in [0.3, 0.4) is 0 Å². The summed E-state index contributed by atoms with van der Waals surface area (Å²) in [6.07, 6.45) is 4.93. The Labute approximate surface area is 194 Å². The number of aliphatic hydroxyl groups excluding tert-OH is 1. The molecular weight excluding hydrogens is 410 g/mol. The molecule has 0 atom stereocenters. The van der Waals surface area contributed by atoms with E-state index in [4.69, 9.17) is 9.84 Å². The maximum absolute atomic E-state index is 9.67. The molecule has 0 unspecified atom stereocenters. The van der Waals surface area contributed by atoms with Crippen molar-refractivity contribution in [3.05, 3.63) is 106 Å². The summed E-state index contributed by atoms with van der Waals surface area (Å²) < 4.78 is 5.53. The molecule has 4 rings (SSSR count). The molecule has 1 aliphatic heterocycles. The highest BCUT2D eigenvalue weighted by molar-refractivity contribution is 5.93. The molecule has 2 aromatic carbocycles. The van der Waals surface area contributed by atoms with Crippen LogP contribution in [0.1, 0.15) is 23.6 Å². The summed E-state index contributed by atoms with van der Waals surface area (Å²) in [5, 5.41) is 28.3. The number of nitriles is 2. The zero-order chi connectivity index (χ0) is 23.2. The molecule has 5 heteroatoms. The highest BCUT2D eigenvalue weighted by atomic mass is 16.5. The molecule has 0 saturated carbocycles. The van der Waals surface area contributed by atoms with Gasteiger partial charge in [-0.05, 0) is 53.3 Å². The van der Waals surface area contributed by atoms with Gasteiger partial charge in [0.15, 0.2) is 0 Å². The molecule has 0 saturated heterocycles. The Morgan fingerprint density at radius 2 is 1.73 bits per heavy atom. The number of hydrogen-bond donors (Lipinski definition) is 1. The third-order valence-electron chi connectivity index (χ3n) is 5.92. The van der Waals surface area contributed by atoms with Gasteiger partial charge in [-0.25, -0.2) is 0 Å². The lowest BCUT2D eigenvalue weighted by Gasteiger charge is -2.32. The van der Waals surface area contributed by atoms with E-state index in [0.29, 0.717) is 26.2 Å². The minimum atomic E-state index is 0.00222. The summed E-state index contributed by atoms with van der Waals surface area (Å²) in [6.45, 7) is 3.52. The Morgan fingerprint density at radius 1 is 1.00 bits per heavy atom. The number of hydrogen-bond acceptors (Lipinski definition) is 5. The van der Waals surface area contributed by atoms with E-state index in [-0.39, 0.29) is 12.2 Å². The van der Waals surface area contributed by atoms with Gasteiger partial charge in [-0.15, -0.1) is 0 Å². The van der Waals surface area contributed by atoms with Crippen molar-refractivity contribution in [3.8, 4) is 12.1 Å². The maximum atomic E-state index is 9.67. The van der Waals surface area contributed by atoms with Crippen molar-refractivity contribution in [2.75, 3.05) is 26.4 Å². The second-order valence-electron chi connectivity index (χ2n) is 7.91. The molecule has 0 amide bonds. The SMILES string of the molecule is CC1=C/C(=C2/Cc3ccccc3C2=C(C#N)C#N)C=C(c2ccccc2)N1CCOCCO. The van der Waals surface area contributed by atoms with Crippen LogP contribution in [0.2, 0.25) is 0 Å². The maximum Gasteiger partial charge on any atom is 0.137 e. The fourth-order valence-electron chi connectivity index (χ4n) is 4.43. The molecule has 1 aliphatic carbocycles. The van der Waals surface area contributed by atoms with E-state index in [1.807, 2.05) is 36.4 Å². The van der Waals surface area contributed by atoms with E-state index in [2.05, 4.69) is 54.3 Å². The molecule has 2 aromatic rings. The number of benzene rings is 2. The van der Waals surface area contributed by atoms with Crippen LogP contribution in [0.5, 0.6) is 0 Å². The predicted octanol–water partition coefficient (Wildman–Crippen LogP) is 4.61. The van der Waals surface area contributed by atoms with Crippen LogP contribution in [0.25, 0.3) is 11.3 Å². The normalized spacial score (nSPS) is 17.1. The number of fused-ring (bicyclic) bond motifs is 1. The van der Waals surface area contributed by atoms with Gasteiger partial charge in [0.25, 0.3) is 0 Å². The van der Waals surface area contributed by atoms with Crippen LogP contribution in [0, 0.1) is 22.7 Å². The highest BCUT2D eigenvalue weighted by Gasteiger charge is 2.28. The van der Waals surface area contributed by atoms with Gasteiger partial charge in [0, 0.05) is 23.5 Å². The Kier molecular flexibility index (Phi) is 6.86. The first-order valence-electron chi connectivity index (χ1n) is 11.0. The lowest BCUT2D eigenvalue weighted by atomic mass is 9.92. The summed E-state index contributed by atoms with van der Waals surface area (Å²) in [6, 6.07) is 22.3. The molecule has 0 radical (unpaired) electrons. The quantitative estimate of drug-likeness (QED) is 0.529. The second-order valence-corrected chi connectivity index (χ2v) is 7.91. The standard InChI is InChI=1S/C28H25N3O2/c1-20-15-23(26-16-22-9-5-6-10-25(22)28(26)24(18-29)19-30)17-27(21-7-3-2-4-8-21)31(20)11-13-33-14-12-32/h2-10,15,17,32H,11-14,16H2,1H3/b26-23+. The van der Waals surface area contributed by atoms with Crippen LogP contribution in [-0.2, 0) is 11.2 Å². The van der Waals surface area contributed by atoms with E-state index in [1.165, 1.54) is 0 Å². The molecule has 1 N–H and O–H groups in total. The lowest BCUT2D eigenvalue weighted by Crippen LogP contribution is -2.27. The minimum Gasteiger partial charge on any atom is -0.394 e. The highest BCUT2D eigenvalue weighted by Crippen LogP contribution is 2.43. The van der Waals surface area contributed by atoms with E-state index < -0.39 is 0 Å². The van der Waals surface area contributed by atoms with Gasteiger partial charge < -0.3 is 14.7 Å². The van der Waals surface area contributed by atoms with Gasteiger partial charge in [0.1, 0.15) is 17.7 Å². The molecule has 164 valence electrons. The van der Waals surface area contributed by atoms with Crippen LogP contribution in [0.4, 0.5) is 0 Å². The predicted molar refractivity (Wildman–Crippen MR) is 128 cm³/mol.